The molecule has 132 valence electrons. The van der Waals surface area contributed by atoms with Crippen LogP contribution in [-0.2, 0) is 28.7 Å². The third-order valence-corrected chi connectivity index (χ3v) is 5.17. The van der Waals surface area contributed by atoms with Crippen molar-refractivity contribution in [1.82, 2.24) is 0 Å². The van der Waals surface area contributed by atoms with Gasteiger partial charge in [-0.2, -0.15) is 0 Å². The predicted molar refractivity (Wildman–Crippen MR) is 81.8 cm³/mol. The standard InChI is InChI=1S/C17H22O7/c1-8-7-12(21-10(3)18)13-9(2)16(19)22-14(13)15-17(4,23-15)6-5-11(8)24-20/h11-15,20H,1-2,5-7H2,3-4H3/t11-,12-,13-,14+,15-,17-/m1/s1. The first-order chi connectivity index (χ1) is 11.3. The monoisotopic (exact) mass is 338 g/mol. The van der Waals surface area contributed by atoms with E-state index in [1.54, 1.807) is 0 Å². The van der Waals surface area contributed by atoms with E-state index in [0.717, 1.165) is 0 Å². The molecule has 2 saturated heterocycles. The van der Waals surface area contributed by atoms with Crippen molar-refractivity contribution >= 4 is 11.9 Å². The molecule has 3 fully saturated rings. The van der Waals surface area contributed by atoms with Gasteiger partial charge in [-0.15, -0.1) is 0 Å². The predicted octanol–water partition coefficient (Wildman–Crippen LogP) is 1.77. The number of carbonyl (C=O) groups excluding carboxylic acids is 2. The highest BCUT2D eigenvalue weighted by Crippen LogP contribution is 2.50. The number of ether oxygens (including phenoxy) is 3. The van der Waals surface area contributed by atoms with E-state index in [-0.39, 0.29) is 18.1 Å². The molecular formula is C17H22O7. The third kappa shape index (κ3) is 2.87. The quantitative estimate of drug-likeness (QED) is 0.205. The van der Waals surface area contributed by atoms with E-state index in [0.29, 0.717) is 18.4 Å². The molecule has 3 rings (SSSR count). The highest BCUT2D eigenvalue weighted by molar-refractivity contribution is 5.91. The van der Waals surface area contributed by atoms with Crippen molar-refractivity contribution in [2.45, 2.75) is 63.1 Å². The van der Waals surface area contributed by atoms with Gasteiger partial charge in [-0.3, -0.25) is 10.1 Å². The van der Waals surface area contributed by atoms with Gasteiger partial charge >= 0.3 is 11.9 Å². The Balaban J connectivity index is 1.96. The summed E-state index contributed by atoms with van der Waals surface area (Å²) in [5.41, 5.74) is 0.361. The lowest BCUT2D eigenvalue weighted by molar-refractivity contribution is -0.271. The van der Waals surface area contributed by atoms with Gasteiger partial charge in [-0.25, -0.2) is 9.68 Å². The Bertz CT molecular complexity index is 598. The summed E-state index contributed by atoms with van der Waals surface area (Å²) >= 11 is 0. The summed E-state index contributed by atoms with van der Waals surface area (Å²) in [6, 6.07) is 0. The van der Waals surface area contributed by atoms with E-state index in [9.17, 15) is 9.59 Å². The fourth-order valence-electron chi connectivity index (χ4n) is 3.76. The topological polar surface area (TPSA) is 94.6 Å². The van der Waals surface area contributed by atoms with E-state index in [4.69, 9.17) is 19.5 Å². The zero-order valence-electron chi connectivity index (χ0n) is 13.8. The fraction of sp³-hybridized carbons (Fsp3) is 0.647. The number of esters is 2. The van der Waals surface area contributed by atoms with E-state index in [1.807, 2.05) is 6.92 Å². The van der Waals surface area contributed by atoms with Crippen LogP contribution in [0, 0.1) is 5.92 Å². The van der Waals surface area contributed by atoms with Crippen molar-refractivity contribution in [1.29, 1.82) is 0 Å². The molecule has 0 spiro atoms. The third-order valence-electron chi connectivity index (χ3n) is 5.17. The minimum Gasteiger partial charge on any atom is -0.461 e. The minimum absolute atomic E-state index is 0.241. The molecule has 7 nitrogen and oxygen atoms in total. The Labute approximate surface area is 140 Å². The molecule has 0 bridgehead atoms. The van der Waals surface area contributed by atoms with Crippen LogP contribution < -0.4 is 0 Å². The van der Waals surface area contributed by atoms with Gasteiger partial charge in [0.25, 0.3) is 0 Å². The number of epoxide rings is 1. The van der Waals surface area contributed by atoms with Gasteiger partial charge in [-0.05, 0) is 25.3 Å². The van der Waals surface area contributed by atoms with Crippen LogP contribution in [0.1, 0.15) is 33.1 Å². The van der Waals surface area contributed by atoms with Crippen molar-refractivity contribution in [2.75, 3.05) is 0 Å². The van der Waals surface area contributed by atoms with Gasteiger partial charge in [0.15, 0.2) is 0 Å². The van der Waals surface area contributed by atoms with E-state index >= 15 is 0 Å². The first-order valence-corrected chi connectivity index (χ1v) is 7.99. The Kier molecular flexibility index (Phi) is 4.27. The second-order valence-corrected chi connectivity index (χ2v) is 6.92. The van der Waals surface area contributed by atoms with Gasteiger partial charge in [-0.1, -0.05) is 13.2 Å². The lowest BCUT2D eigenvalue weighted by atomic mass is 9.80. The summed E-state index contributed by atoms with van der Waals surface area (Å²) in [5.74, 6) is -1.49. The first-order valence-electron chi connectivity index (χ1n) is 7.99. The van der Waals surface area contributed by atoms with Crippen LogP contribution in [0.5, 0.6) is 0 Å². The molecule has 3 aliphatic rings. The molecule has 0 unspecified atom stereocenters. The van der Waals surface area contributed by atoms with Crippen LogP contribution >= 0.6 is 0 Å². The van der Waals surface area contributed by atoms with Crippen LogP contribution in [0.25, 0.3) is 0 Å². The number of rotatable bonds is 2. The molecule has 1 saturated carbocycles. The molecule has 6 atom stereocenters. The SMILES string of the molecule is C=C1C(=O)O[C@H]2[C@H]1[C@H](OC(C)=O)CC(=C)[C@H](OO)CC[C@@]1(C)O[C@H]21. The Hall–Kier alpha value is -1.70. The van der Waals surface area contributed by atoms with E-state index < -0.39 is 41.8 Å². The van der Waals surface area contributed by atoms with E-state index in [2.05, 4.69) is 18.0 Å². The molecule has 0 aromatic heterocycles. The van der Waals surface area contributed by atoms with Crippen LogP contribution in [0.15, 0.2) is 24.3 Å². The van der Waals surface area contributed by atoms with Crippen molar-refractivity contribution in [3.8, 4) is 0 Å². The van der Waals surface area contributed by atoms with E-state index in [1.165, 1.54) is 6.92 Å². The number of hydrogen-bond donors (Lipinski definition) is 1. The van der Waals surface area contributed by atoms with Gasteiger partial charge in [0, 0.05) is 18.9 Å². The average molecular weight is 338 g/mol. The highest BCUT2D eigenvalue weighted by Gasteiger charge is 2.63. The maximum absolute atomic E-state index is 12.0. The fourth-order valence-corrected chi connectivity index (χ4v) is 3.76. The van der Waals surface area contributed by atoms with Crippen molar-refractivity contribution in [3.63, 3.8) is 0 Å². The molecule has 2 aliphatic heterocycles. The molecule has 0 aromatic carbocycles. The summed E-state index contributed by atoms with van der Waals surface area (Å²) < 4.78 is 16.7. The molecule has 2 heterocycles. The highest BCUT2D eigenvalue weighted by atomic mass is 17.1. The maximum atomic E-state index is 12.0. The number of hydrogen-bond acceptors (Lipinski definition) is 7. The Morgan fingerprint density at radius 3 is 2.75 bits per heavy atom. The van der Waals surface area contributed by atoms with Gasteiger partial charge in [0.1, 0.15) is 24.4 Å². The van der Waals surface area contributed by atoms with Crippen LogP contribution in [0.4, 0.5) is 0 Å². The Morgan fingerprint density at radius 1 is 1.42 bits per heavy atom. The second-order valence-electron chi connectivity index (χ2n) is 6.92. The van der Waals surface area contributed by atoms with Gasteiger partial charge in [0.05, 0.1) is 11.5 Å². The van der Waals surface area contributed by atoms with Crippen molar-refractivity contribution in [2.24, 2.45) is 5.92 Å². The van der Waals surface area contributed by atoms with Crippen LogP contribution in [-0.4, -0.2) is 47.2 Å². The number of fused-ring (bicyclic) bond motifs is 3. The van der Waals surface area contributed by atoms with Crippen molar-refractivity contribution in [3.05, 3.63) is 24.3 Å². The first kappa shape index (κ1) is 17.1. The van der Waals surface area contributed by atoms with Gasteiger partial charge in [0.2, 0.25) is 0 Å². The molecule has 0 aromatic rings. The van der Waals surface area contributed by atoms with Crippen molar-refractivity contribution < 1.29 is 33.9 Å². The number of carbonyl (C=O) groups is 2. The summed E-state index contributed by atoms with van der Waals surface area (Å²) in [4.78, 5) is 28.1. The normalized spacial score (nSPS) is 42.0. The summed E-state index contributed by atoms with van der Waals surface area (Å²) in [7, 11) is 0. The van der Waals surface area contributed by atoms with Gasteiger partial charge < -0.3 is 14.2 Å². The second kappa shape index (κ2) is 5.98. The molecule has 1 N–H and O–H groups in total. The maximum Gasteiger partial charge on any atom is 0.334 e. The average Bonchev–Trinajstić information content (AvgIpc) is 3.07. The zero-order valence-corrected chi connectivity index (χ0v) is 13.8. The Morgan fingerprint density at radius 2 is 2.12 bits per heavy atom. The lowest BCUT2D eigenvalue weighted by Gasteiger charge is -2.30. The molecule has 7 heteroatoms. The molecule has 0 amide bonds. The summed E-state index contributed by atoms with van der Waals surface area (Å²) in [6.07, 6.45) is -0.746. The molecular weight excluding hydrogens is 316 g/mol. The summed E-state index contributed by atoms with van der Waals surface area (Å²) in [5, 5.41) is 9.17. The largest absolute Gasteiger partial charge is 0.461 e. The molecule has 24 heavy (non-hydrogen) atoms. The smallest absolute Gasteiger partial charge is 0.334 e. The zero-order chi connectivity index (χ0) is 17.6. The molecule has 0 radical (unpaired) electrons. The van der Waals surface area contributed by atoms with Crippen LogP contribution in [0.3, 0.4) is 0 Å². The van der Waals surface area contributed by atoms with Crippen LogP contribution in [0.2, 0.25) is 0 Å². The summed E-state index contributed by atoms with van der Waals surface area (Å²) in [6.45, 7) is 11.0. The minimum atomic E-state index is -0.678. The lowest BCUT2D eigenvalue weighted by Crippen LogP contribution is -2.39. The molecule has 1 aliphatic carbocycles.